The fraction of sp³-hybridized carbons (Fsp3) is 0.462. The molecule has 0 aliphatic rings. The van der Waals surface area contributed by atoms with E-state index in [-0.39, 0.29) is 0 Å². The second-order valence-corrected chi connectivity index (χ2v) is 4.54. The van der Waals surface area contributed by atoms with Crippen LogP contribution in [0.4, 0.5) is 0 Å². The summed E-state index contributed by atoms with van der Waals surface area (Å²) in [6.07, 6.45) is 0.0301. The second kappa shape index (κ2) is 7.04. The summed E-state index contributed by atoms with van der Waals surface area (Å²) in [6.45, 7) is 5.03. The van der Waals surface area contributed by atoms with Gasteiger partial charge in [0.05, 0.1) is 17.3 Å². The smallest absolute Gasteiger partial charge is 0.335 e. The Labute approximate surface area is 102 Å². The molecule has 0 spiro atoms. The molecule has 1 unspecified atom stereocenters. The van der Waals surface area contributed by atoms with Crippen molar-refractivity contribution < 1.29 is 20.1 Å². The van der Waals surface area contributed by atoms with E-state index in [1.54, 1.807) is 51.1 Å². The van der Waals surface area contributed by atoms with Crippen LogP contribution in [0.3, 0.4) is 0 Å². The molecule has 0 bridgehead atoms. The molecule has 96 valence electrons. The zero-order valence-electron chi connectivity index (χ0n) is 10.4. The van der Waals surface area contributed by atoms with Gasteiger partial charge in [0.1, 0.15) is 0 Å². The van der Waals surface area contributed by atoms with Crippen LogP contribution in [0.5, 0.6) is 0 Å². The Balaban J connectivity index is 0.000000304. The van der Waals surface area contributed by atoms with Crippen molar-refractivity contribution in [2.75, 3.05) is 0 Å². The van der Waals surface area contributed by atoms with Crippen LogP contribution in [-0.4, -0.2) is 33.0 Å². The number of rotatable bonds is 3. The highest BCUT2D eigenvalue weighted by Gasteiger charge is 2.14. The molecule has 1 atom stereocenters. The summed E-state index contributed by atoms with van der Waals surface area (Å²) in [7, 11) is 0. The maximum atomic E-state index is 10.2. The van der Waals surface area contributed by atoms with E-state index >= 15 is 0 Å². The fourth-order valence-electron chi connectivity index (χ4n) is 1.30. The van der Waals surface area contributed by atoms with Gasteiger partial charge in [-0.25, -0.2) is 4.79 Å². The summed E-state index contributed by atoms with van der Waals surface area (Å²) < 4.78 is 0. The van der Waals surface area contributed by atoms with Gasteiger partial charge in [-0.3, -0.25) is 0 Å². The Kier molecular flexibility index (Phi) is 6.46. The van der Waals surface area contributed by atoms with Gasteiger partial charge in [0, 0.05) is 6.42 Å². The van der Waals surface area contributed by atoms with E-state index in [0.717, 1.165) is 0 Å². The normalized spacial score (nSPS) is 12.3. The quantitative estimate of drug-likeness (QED) is 0.754. The molecule has 1 rings (SSSR count). The number of carboxylic acids is 1. The first kappa shape index (κ1) is 15.6. The highest BCUT2D eigenvalue weighted by atomic mass is 16.4. The van der Waals surface area contributed by atoms with Crippen molar-refractivity contribution in [1.82, 2.24) is 0 Å². The van der Waals surface area contributed by atoms with Gasteiger partial charge in [-0.15, -0.1) is 0 Å². The number of carbonyl (C=O) groups is 1. The number of hydrogen-bond acceptors (Lipinski definition) is 3. The first-order valence-electron chi connectivity index (χ1n) is 5.41. The van der Waals surface area contributed by atoms with Crippen LogP contribution in [-0.2, 0) is 0 Å². The van der Waals surface area contributed by atoms with Crippen molar-refractivity contribution in [3.63, 3.8) is 0 Å². The van der Waals surface area contributed by atoms with Gasteiger partial charge in [-0.05, 0) is 32.9 Å². The Morgan fingerprint density at radius 3 is 1.94 bits per heavy atom. The molecular formula is C13H20O4. The lowest BCUT2D eigenvalue weighted by Crippen LogP contribution is -2.24. The molecule has 0 aliphatic heterocycles. The molecule has 17 heavy (non-hydrogen) atoms. The Bertz CT molecular complexity index is 325. The van der Waals surface area contributed by atoms with Gasteiger partial charge in [0.15, 0.2) is 0 Å². The highest BCUT2D eigenvalue weighted by Crippen LogP contribution is 2.09. The van der Waals surface area contributed by atoms with Gasteiger partial charge < -0.3 is 15.3 Å². The van der Waals surface area contributed by atoms with Crippen LogP contribution in [0, 0.1) is 0 Å². The lowest BCUT2D eigenvalue weighted by molar-refractivity contribution is 0.0248. The van der Waals surface area contributed by atoms with E-state index in [1.165, 1.54) is 0 Å². The third-order valence-corrected chi connectivity index (χ3v) is 1.82. The van der Waals surface area contributed by atoms with Crippen LogP contribution >= 0.6 is 0 Å². The van der Waals surface area contributed by atoms with E-state index in [4.69, 9.17) is 15.3 Å². The van der Waals surface area contributed by atoms with Gasteiger partial charge >= 0.3 is 5.97 Å². The van der Waals surface area contributed by atoms with E-state index < -0.39 is 17.7 Å². The molecule has 0 saturated carbocycles. The summed E-state index contributed by atoms with van der Waals surface area (Å²) in [5, 5.41) is 26.1. The van der Waals surface area contributed by atoms with E-state index in [9.17, 15) is 4.79 Å². The van der Waals surface area contributed by atoms with Crippen molar-refractivity contribution in [1.29, 1.82) is 0 Å². The first-order valence-corrected chi connectivity index (χ1v) is 5.41. The standard InChI is InChI=1S/C7H6O2.C6H14O2/c8-7(9)6-4-2-1-3-5-6;1-5(7)4-6(2,3)8/h1-5H,(H,8,9);5,7-8H,4H2,1-3H3. The zero-order valence-corrected chi connectivity index (χ0v) is 10.4. The van der Waals surface area contributed by atoms with Crippen LogP contribution in [0.2, 0.25) is 0 Å². The van der Waals surface area contributed by atoms with Crippen LogP contribution in [0.25, 0.3) is 0 Å². The Morgan fingerprint density at radius 2 is 1.76 bits per heavy atom. The molecule has 4 heteroatoms. The molecule has 0 aromatic heterocycles. The summed E-state index contributed by atoms with van der Waals surface area (Å²) in [6, 6.07) is 8.30. The largest absolute Gasteiger partial charge is 0.478 e. The number of aromatic carboxylic acids is 1. The highest BCUT2D eigenvalue weighted by molar-refractivity contribution is 5.87. The van der Waals surface area contributed by atoms with Crippen molar-refractivity contribution in [2.24, 2.45) is 0 Å². The van der Waals surface area contributed by atoms with E-state index in [2.05, 4.69) is 0 Å². The van der Waals surface area contributed by atoms with Gasteiger partial charge in [0.25, 0.3) is 0 Å². The summed E-state index contributed by atoms with van der Waals surface area (Å²) in [5.41, 5.74) is -0.397. The SMILES string of the molecule is CC(O)CC(C)(C)O.O=C(O)c1ccccc1. The molecule has 1 aromatic carbocycles. The fourth-order valence-corrected chi connectivity index (χ4v) is 1.30. The minimum absolute atomic E-state index is 0.331. The third-order valence-electron chi connectivity index (χ3n) is 1.82. The molecule has 0 heterocycles. The van der Waals surface area contributed by atoms with E-state index in [1.807, 2.05) is 0 Å². The summed E-state index contributed by atoms with van der Waals surface area (Å²) >= 11 is 0. The minimum Gasteiger partial charge on any atom is -0.478 e. The number of benzene rings is 1. The van der Waals surface area contributed by atoms with Crippen molar-refractivity contribution in [3.05, 3.63) is 35.9 Å². The van der Waals surface area contributed by atoms with Gasteiger partial charge in [-0.1, -0.05) is 18.2 Å². The Hall–Kier alpha value is -1.39. The van der Waals surface area contributed by atoms with Crippen molar-refractivity contribution in [2.45, 2.75) is 38.9 Å². The molecule has 0 fully saturated rings. The van der Waals surface area contributed by atoms with Crippen LogP contribution in [0.1, 0.15) is 37.6 Å². The maximum Gasteiger partial charge on any atom is 0.335 e. The monoisotopic (exact) mass is 240 g/mol. The minimum atomic E-state index is -0.879. The number of aliphatic hydroxyl groups is 2. The van der Waals surface area contributed by atoms with Crippen molar-refractivity contribution >= 4 is 5.97 Å². The molecular weight excluding hydrogens is 220 g/mol. The van der Waals surface area contributed by atoms with Gasteiger partial charge in [0.2, 0.25) is 0 Å². The number of aliphatic hydroxyl groups excluding tert-OH is 1. The van der Waals surface area contributed by atoms with Gasteiger partial charge in [-0.2, -0.15) is 0 Å². The van der Waals surface area contributed by atoms with Crippen LogP contribution in [0.15, 0.2) is 30.3 Å². The number of carboxylic acid groups (broad SMARTS) is 1. The maximum absolute atomic E-state index is 10.2. The predicted octanol–water partition coefficient (Wildman–Crippen LogP) is 1.91. The van der Waals surface area contributed by atoms with E-state index in [0.29, 0.717) is 12.0 Å². The second-order valence-electron chi connectivity index (χ2n) is 4.54. The molecule has 0 radical (unpaired) electrons. The zero-order chi connectivity index (χ0) is 13.5. The molecule has 0 aliphatic carbocycles. The van der Waals surface area contributed by atoms with Crippen LogP contribution < -0.4 is 0 Å². The summed E-state index contributed by atoms with van der Waals surface area (Å²) in [4.78, 5) is 10.2. The Morgan fingerprint density at radius 1 is 1.29 bits per heavy atom. The lowest BCUT2D eigenvalue weighted by atomic mass is 10.0. The first-order chi connectivity index (χ1) is 7.72. The molecule has 4 nitrogen and oxygen atoms in total. The molecule has 3 N–H and O–H groups in total. The average molecular weight is 240 g/mol. The third kappa shape index (κ3) is 9.53. The molecule has 0 amide bonds. The molecule has 0 saturated heterocycles. The van der Waals surface area contributed by atoms with Crippen molar-refractivity contribution in [3.8, 4) is 0 Å². The summed E-state index contributed by atoms with van der Waals surface area (Å²) in [5.74, 6) is -0.879. The predicted molar refractivity (Wildman–Crippen MR) is 66.0 cm³/mol. The molecule has 1 aromatic rings. The topological polar surface area (TPSA) is 77.8 Å². The average Bonchev–Trinajstić information content (AvgIpc) is 2.16. The number of hydrogen-bond donors (Lipinski definition) is 3. The lowest BCUT2D eigenvalue weighted by Gasteiger charge is -2.17.